The molecule has 1 aliphatic rings. The molecule has 1 aliphatic heterocycles. The Labute approximate surface area is 160 Å². The van der Waals surface area contributed by atoms with Gasteiger partial charge in [-0.15, -0.1) is 0 Å². The van der Waals surface area contributed by atoms with Crippen LogP contribution in [0.25, 0.3) is 0 Å². The summed E-state index contributed by atoms with van der Waals surface area (Å²) in [6.45, 7) is 5.12. The van der Waals surface area contributed by atoms with Gasteiger partial charge in [-0.2, -0.15) is 9.35 Å². The maximum Gasteiger partial charge on any atom is 0.411 e. The van der Waals surface area contributed by atoms with Gasteiger partial charge in [0.25, 0.3) is 0 Å². The quantitative estimate of drug-likeness (QED) is 0.783. The van der Waals surface area contributed by atoms with E-state index in [2.05, 4.69) is 0 Å². The van der Waals surface area contributed by atoms with Crippen molar-refractivity contribution >= 4 is 21.4 Å². The largest absolute Gasteiger partial charge is 0.467 e. The molecule has 8 heteroatoms. The highest BCUT2D eigenvalue weighted by atomic mass is 32.3. The van der Waals surface area contributed by atoms with Gasteiger partial charge in [0.05, 0.1) is 18.1 Å². The third kappa shape index (κ3) is 5.29. The number of amides is 1. The van der Waals surface area contributed by atoms with E-state index in [-0.39, 0.29) is 18.7 Å². The molecule has 7 nitrogen and oxygen atoms in total. The van der Waals surface area contributed by atoms with E-state index >= 15 is 0 Å². The molecule has 0 saturated carbocycles. The molecule has 0 bridgehead atoms. The first-order valence-corrected chi connectivity index (χ1v) is 11.4. The molecule has 27 heavy (non-hydrogen) atoms. The van der Waals surface area contributed by atoms with Gasteiger partial charge in [0.2, 0.25) is 0 Å². The highest BCUT2D eigenvalue weighted by molar-refractivity contribution is 8.14. The molecular formula is C19H29NO6S. The molecule has 0 unspecified atom stereocenters. The topological polar surface area (TPSA) is 93.1 Å². The van der Waals surface area contributed by atoms with Crippen LogP contribution < -0.4 is 0 Å². The zero-order chi connectivity index (χ0) is 20.5. The molecule has 1 heterocycles. The van der Waals surface area contributed by atoms with Crippen LogP contribution in [0.5, 0.6) is 0 Å². The van der Waals surface area contributed by atoms with Crippen LogP contribution in [0.2, 0.25) is 0 Å². The first-order chi connectivity index (χ1) is 12.3. The summed E-state index contributed by atoms with van der Waals surface area (Å²) in [5.41, 5.74) is -0.0169. The molecule has 1 saturated heterocycles. The Morgan fingerprint density at radius 3 is 2.37 bits per heavy atom. The van der Waals surface area contributed by atoms with Crippen molar-refractivity contribution < 1.29 is 27.8 Å². The normalized spacial score (nSPS) is 22.0. The molecular weight excluding hydrogens is 370 g/mol. The van der Waals surface area contributed by atoms with Crippen LogP contribution in [0.3, 0.4) is 0 Å². The summed E-state index contributed by atoms with van der Waals surface area (Å²) in [6, 6.07) is 8.06. The molecule has 0 aliphatic carbocycles. The van der Waals surface area contributed by atoms with Gasteiger partial charge in [0, 0.05) is 19.2 Å². The van der Waals surface area contributed by atoms with Crippen LogP contribution in [-0.4, -0.2) is 62.5 Å². The van der Waals surface area contributed by atoms with Crippen LogP contribution in [0.15, 0.2) is 30.3 Å². The van der Waals surface area contributed by atoms with Crippen LogP contribution in [0.1, 0.15) is 32.8 Å². The van der Waals surface area contributed by atoms with Gasteiger partial charge < -0.3 is 14.0 Å². The van der Waals surface area contributed by atoms with E-state index in [1.54, 1.807) is 45.0 Å². The first-order valence-electron chi connectivity index (χ1n) is 8.79. The third-order valence-electron chi connectivity index (χ3n) is 4.58. The number of methoxy groups -OCH3 is 1. The molecule has 1 aromatic carbocycles. The monoisotopic (exact) mass is 399 g/mol. The predicted octanol–water partition coefficient (Wildman–Crippen LogP) is 2.66. The Hall–Kier alpha value is -1.93. The Kier molecular flexibility index (Phi) is 5.73. The van der Waals surface area contributed by atoms with E-state index in [1.165, 1.54) is 18.3 Å². The van der Waals surface area contributed by atoms with Gasteiger partial charge in [0.15, 0.2) is 0 Å². The number of rotatable bonds is 4. The number of benzene rings is 1. The average Bonchev–Trinajstić information content (AvgIpc) is 2.99. The number of likely N-dealkylation sites (tertiary alicyclic amines) is 1. The van der Waals surface area contributed by atoms with Crippen LogP contribution in [-0.2, 0) is 29.4 Å². The molecule has 152 valence electrons. The molecule has 2 atom stereocenters. The second-order valence-electron chi connectivity index (χ2n) is 8.22. The van der Waals surface area contributed by atoms with Crippen molar-refractivity contribution in [2.24, 2.45) is 0 Å². The van der Waals surface area contributed by atoms with E-state index < -0.39 is 38.3 Å². The number of ether oxygens (including phenoxy) is 2. The number of hydrogen-bond acceptors (Lipinski definition) is 5. The van der Waals surface area contributed by atoms with Crippen molar-refractivity contribution in [1.82, 2.24) is 4.90 Å². The summed E-state index contributed by atoms with van der Waals surface area (Å²) in [5, 5.41) is -0.765. The minimum absolute atomic E-state index is 0.0418. The Bertz CT molecular complexity index is 764. The van der Waals surface area contributed by atoms with Gasteiger partial charge in [-0.1, -0.05) is 30.3 Å². The second kappa shape index (κ2) is 7.24. The molecule has 0 aromatic heterocycles. The maximum absolute atomic E-state index is 13.5. The molecule has 0 spiro atoms. The van der Waals surface area contributed by atoms with Crippen molar-refractivity contribution in [3.8, 4) is 0 Å². The average molecular weight is 400 g/mol. The molecule has 1 aromatic rings. The fourth-order valence-electron chi connectivity index (χ4n) is 3.21. The lowest BCUT2D eigenvalue weighted by molar-refractivity contribution is -0.145. The summed E-state index contributed by atoms with van der Waals surface area (Å²) in [5.74, 6) is -0.662. The van der Waals surface area contributed by atoms with Gasteiger partial charge in [-0.25, -0.2) is 13.8 Å². The van der Waals surface area contributed by atoms with Crippen molar-refractivity contribution in [2.45, 2.75) is 49.8 Å². The number of carbonyl (C=O) groups excluding carboxylic acids is 2. The van der Waals surface area contributed by atoms with Crippen molar-refractivity contribution in [1.29, 1.82) is 0 Å². The van der Waals surface area contributed by atoms with Gasteiger partial charge in [-0.05, 0) is 26.3 Å². The standard InChI is InChI=1S/C19H29NO6S/c1-19(2,3)26-18(22)20-12-15(11-16(20)17(21)25-4)27(5,23,24)13-14-9-7-6-8-10-14/h6-10,15-16H,11-13H2,1-5H3,(H,23,24)/t15-,16+/m1/s1. The molecule has 2 rings (SSSR count). The van der Waals surface area contributed by atoms with E-state index in [0.717, 1.165) is 5.56 Å². The predicted molar refractivity (Wildman–Crippen MR) is 104 cm³/mol. The lowest BCUT2D eigenvalue weighted by Crippen LogP contribution is -2.47. The zero-order valence-electron chi connectivity index (χ0n) is 16.5. The summed E-state index contributed by atoms with van der Waals surface area (Å²) in [6.07, 6.45) is 0.682. The van der Waals surface area contributed by atoms with Crippen molar-refractivity contribution in [3.05, 3.63) is 35.9 Å². The first kappa shape index (κ1) is 21.4. The second-order valence-corrected chi connectivity index (χ2v) is 12.3. The van der Waals surface area contributed by atoms with E-state index in [0.29, 0.717) is 0 Å². The smallest absolute Gasteiger partial charge is 0.411 e. The fourth-order valence-corrected chi connectivity index (χ4v) is 5.67. The summed E-state index contributed by atoms with van der Waals surface area (Å²) in [4.78, 5) is 25.9. The van der Waals surface area contributed by atoms with E-state index in [4.69, 9.17) is 9.47 Å². The minimum Gasteiger partial charge on any atom is -0.467 e. The molecule has 1 amide bonds. The maximum atomic E-state index is 13.5. The van der Waals surface area contributed by atoms with Crippen LogP contribution in [0.4, 0.5) is 4.79 Å². The van der Waals surface area contributed by atoms with E-state index in [9.17, 15) is 18.4 Å². The molecule has 1 N–H and O–H groups in total. The SMILES string of the molecule is COC(=O)[C@@H]1C[C@@H](S(C)(=O)(O)Cc2ccccc2)CN1C(=O)OC(C)(C)C. The van der Waals surface area contributed by atoms with Gasteiger partial charge >= 0.3 is 12.1 Å². The van der Waals surface area contributed by atoms with E-state index in [1.807, 2.05) is 6.07 Å². The lowest BCUT2D eigenvalue weighted by Gasteiger charge is -2.44. The number of esters is 1. The number of hydrogen-bond donors (Lipinski definition) is 1. The Morgan fingerprint density at radius 2 is 1.85 bits per heavy atom. The van der Waals surface area contributed by atoms with Crippen LogP contribution in [0, 0.1) is 0 Å². The Balaban J connectivity index is 2.29. The zero-order valence-corrected chi connectivity index (χ0v) is 17.3. The number of carbonyl (C=O) groups is 2. The molecule has 1 fully saturated rings. The summed E-state index contributed by atoms with van der Waals surface area (Å²) >= 11 is 0. The summed E-state index contributed by atoms with van der Waals surface area (Å²) in [7, 11) is -2.94. The van der Waals surface area contributed by atoms with Crippen molar-refractivity contribution in [3.63, 3.8) is 0 Å². The summed E-state index contributed by atoms with van der Waals surface area (Å²) < 4.78 is 34.7. The van der Waals surface area contributed by atoms with Crippen molar-refractivity contribution in [2.75, 3.05) is 19.9 Å². The van der Waals surface area contributed by atoms with Gasteiger partial charge in [0.1, 0.15) is 11.6 Å². The molecule has 0 radical (unpaired) electrons. The van der Waals surface area contributed by atoms with Crippen LogP contribution >= 0.6 is 0 Å². The fraction of sp³-hybridized carbons (Fsp3) is 0.579. The minimum atomic E-state index is -4.17. The third-order valence-corrected chi connectivity index (χ3v) is 7.66. The lowest BCUT2D eigenvalue weighted by atomic mass is 10.2. The van der Waals surface area contributed by atoms with Gasteiger partial charge in [-0.3, -0.25) is 4.90 Å². The highest BCUT2D eigenvalue weighted by Gasteiger charge is 2.49. The highest BCUT2D eigenvalue weighted by Crippen LogP contribution is 2.38. The number of nitrogens with zero attached hydrogens (tertiary/aromatic N) is 1. The Morgan fingerprint density at radius 1 is 1.26 bits per heavy atom.